The number of aliphatic hydroxyl groups is 1. The van der Waals surface area contributed by atoms with Crippen LogP contribution in [-0.2, 0) is 6.54 Å². The van der Waals surface area contributed by atoms with E-state index in [1.807, 2.05) is 18.3 Å². The molecule has 0 aliphatic carbocycles. The molecule has 1 aromatic rings. The summed E-state index contributed by atoms with van der Waals surface area (Å²) in [4.78, 5) is 6.86. The second-order valence-corrected chi connectivity index (χ2v) is 5.05. The Morgan fingerprint density at radius 1 is 1.50 bits per heavy atom. The van der Waals surface area contributed by atoms with Gasteiger partial charge in [-0.25, -0.2) is 0 Å². The van der Waals surface area contributed by atoms with Gasteiger partial charge in [-0.2, -0.15) is 0 Å². The van der Waals surface area contributed by atoms with E-state index < -0.39 is 0 Å². The maximum atomic E-state index is 9.08. The maximum absolute atomic E-state index is 9.08. The van der Waals surface area contributed by atoms with E-state index in [1.54, 1.807) is 0 Å². The Labute approximate surface area is 109 Å². The summed E-state index contributed by atoms with van der Waals surface area (Å²) >= 11 is 0. The number of aromatic nitrogens is 1. The van der Waals surface area contributed by atoms with Gasteiger partial charge >= 0.3 is 0 Å². The Morgan fingerprint density at radius 3 is 3.11 bits per heavy atom. The highest BCUT2D eigenvalue weighted by Crippen LogP contribution is 2.13. The van der Waals surface area contributed by atoms with Crippen LogP contribution >= 0.6 is 0 Å². The van der Waals surface area contributed by atoms with Crippen molar-refractivity contribution < 1.29 is 5.11 Å². The largest absolute Gasteiger partial charge is 0.396 e. The molecule has 0 saturated carbocycles. The van der Waals surface area contributed by atoms with Crippen LogP contribution in [0.5, 0.6) is 0 Å². The Balaban J connectivity index is 1.99. The lowest BCUT2D eigenvalue weighted by atomic mass is 10.1. The van der Waals surface area contributed by atoms with Gasteiger partial charge in [0.05, 0.1) is 5.69 Å². The highest BCUT2D eigenvalue weighted by molar-refractivity contribution is 5.03. The molecule has 1 aliphatic heterocycles. The first-order chi connectivity index (χ1) is 8.79. The normalized spacial score (nSPS) is 25.9. The van der Waals surface area contributed by atoms with Gasteiger partial charge in [-0.3, -0.25) is 9.88 Å². The number of nitrogens with one attached hydrogen (secondary N) is 1. The second-order valence-electron chi connectivity index (χ2n) is 5.05. The first-order valence-electron chi connectivity index (χ1n) is 6.78. The predicted molar refractivity (Wildman–Crippen MR) is 72.2 cm³/mol. The summed E-state index contributed by atoms with van der Waals surface area (Å²) in [5, 5.41) is 12.6. The number of hydrogen-bond donors (Lipinski definition) is 2. The molecule has 18 heavy (non-hydrogen) atoms. The average molecular weight is 249 g/mol. The van der Waals surface area contributed by atoms with Crippen LogP contribution in [0.4, 0.5) is 0 Å². The minimum Gasteiger partial charge on any atom is -0.396 e. The fourth-order valence-electron chi connectivity index (χ4n) is 2.48. The van der Waals surface area contributed by atoms with Gasteiger partial charge in [0.1, 0.15) is 0 Å². The number of pyridine rings is 1. The van der Waals surface area contributed by atoms with Gasteiger partial charge in [0.25, 0.3) is 0 Å². The third kappa shape index (κ3) is 3.77. The van der Waals surface area contributed by atoms with Crippen molar-refractivity contribution in [2.45, 2.75) is 38.4 Å². The van der Waals surface area contributed by atoms with Gasteiger partial charge < -0.3 is 10.4 Å². The minimum atomic E-state index is 0.253. The lowest BCUT2D eigenvalue weighted by Crippen LogP contribution is -2.40. The molecule has 2 heterocycles. The van der Waals surface area contributed by atoms with Crippen LogP contribution in [0.25, 0.3) is 0 Å². The molecule has 4 heteroatoms. The van der Waals surface area contributed by atoms with E-state index in [0.29, 0.717) is 12.1 Å². The maximum Gasteiger partial charge on any atom is 0.0544 e. The van der Waals surface area contributed by atoms with E-state index in [4.69, 9.17) is 5.11 Å². The number of rotatable bonds is 4. The highest BCUT2D eigenvalue weighted by atomic mass is 16.3. The second kappa shape index (κ2) is 6.83. The highest BCUT2D eigenvalue weighted by Gasteiger charge is 2.22. The first-order valence-corrected chi connectivity index (χ1v) is 6.78. The zero-order chi connectivity index (χ0) is 12.8. The van der Waals surface area contributed by atoms with Gasteiger partial charge in [-0.05, 0) is 38.4 Å². The van der Waals surface area contributed by atoms with Gasteiger partial charge in [-0.15, -0.1) is 0 Å². The fraction of sp³-hybridized carbons (Fsp3) is 0.643. The summed E-state index contributed by atoms with van der Waals surface area (Å²) in [6, 6.07) is 7.01. The summed E-state index contributed by atoms with van der Waals surface area (Å²) < 4.78 is 0. The summed E-state index contributed by atoms with van der Waals surface area (Å²) in [5.41, 5.74) is 1.12. The fourth-order valence-corrected chi connectivity index (χ4v) is 2.48. The topological polar surface area (TPSA) is 48.4 Å². The summed E-state index contributed by atoms with van der Waals surface area (Å²) in [6.07, 6.45) is 3.82. The van der Waals surface area contributed by atoms with Crippen LogP contribution in [-0.4, -0.2) is 46.8 Å². The molecule has 1 saturated heterocycles. The molecule has 0 spiro atoms. The minimum absolute atomic E-state index is 0.253. The molecule has 100 valence electrons. The third-order valence-electron chi connectivity index (χ3n) is 3.64. The quantitative estimate of drug-likeness (QED) is 0.836. The molecular weight excluding hydrogens is 226 g/mol. The van der Waals surface area contributed by atoms with Crippen molar-refractivity contribution in [1.82, 2.24) is 15.2 Å². The average Bonchev–Trinajstić information content (AvgIpc) is 2.54. The third-order valence-corrected chi connectivity index (χ3v) is 3.64. The van der Waals surface area contributed by atoms with Crippen LogP contribution in [0.2, 0.25) is 0 Å². The van der Waals surface area contributed by atoms with E-state index in [-0.39, 0.29) is 6.61 Å². The number of aliphatic hydroxyl groups excluding tert-OH is 1. The smallest absolute Gasteiger partial charge is 0.0544 e. The molecule has 0 aromatic carbocycles. The molecule has 2 unspecified atom stereocenters. The molecule has 0 radical (unpaired) electrons. The molecule has 2 atom stereocenters. The Hall–Kier alpha value is -0.970. The molecule has 2 rings (SSSR count). The van der Waals surface area contributed by atoms with Gasteiger partial charge in [0.15, 0.2) is 0 Å². The zero-order valence-electron chi connectivity index (χ0n) is 11.0. The van der Waals surface area contributed by atoms with Crippen LogP contribution in [0.1, 0.15) is 25.5 Å². The van der Waals surface area contributed by atoms with Crippen molar-refractivity contribution in [2.75, 3.05) is 19.7 Å². The van der Waals surface area contributed by atoms with Crippen LogP contribution in [0, 0.1) is 0 Å². The molecule has 1 aliphatic rings. The lowest BCUT2D eigenvalue weighted by molar-refractivity contribution is 0.180. The van der Waals surface area contributed by atoms with Crippen LogP contribution < -0.4 is 5.32 Å². The molecule has 2 N–H and O–H groups in total. The van der Waals surface area contributed by atoms with Crippen molar-refractivity contribution in [2.24, 2.45) is 0 Å². The Kier molecular flexibility index (Phi) is 5.11. The monoisotopic (exact) mass is 249 g/mol. The SMILES string of the molecule is CC1CCNC(CCO)CN1Cc1ccccn1. The van der Waals surface area contributed by atoms with Gasteiger partial charge in [-0.1, -0.05) is 6.07 Å². The number of nitrogens with zero attached hydrogens (tertiary/aromatic N) is 2. The molecule has 4 nitrogen and oxygen atoms in total. The van der Waals surface area contributed by atoms with Crippen LogP contribution in [0.3, 0.4) is 0 Å². The summed E-state index contributed by atoms with van der Waals surface area (Å²) in [6.45, 7) is 5.43. The molecule has 1 fully saturated rings. The predicted octanol–water partition coefficient (Wildman–Crippen LogP) is 1.02. The molecule has 1 aromatic heterocycles. The van der Waals surface area contributed by atoms with Gasteiger partial charge in [0, 0.05) is 38.0 Å². The number of hydrogen-bond acceptors (Lipinski definition) is 4. The van der Waals surface area contributed by atoms with E-state index in [1.165, 1.54) is 0 Å². The zero-order valence-corrected chi connectivity index (χ0v) is 11.0. The Morgan fingerprint density at radius 2 is 2.39 bits per heavy atom. The molecule has 0 amide bonds. The van der Waals surface area contributed by atoms with E-state index in [2.05, 4.69) is 28.2 Å². The van der Waals surface area contributed by atoms with Crippen molar-refractivity contribution >= 4 is 0 Å². The molecule has 0 bridgehead atoms. The van der Waals surface area contributed by atoms with Gasteiger partial charge in [0.2, 0.25) is 0 Å². The van der Waals surface area contributed by atoms with Crippen LogP contribution in [0.15, 0.2) is 24.4 Å². The van der Waals surface area contributed by atoms with Crippen molar-refractivity contribution in [3.8, 4) is 0 Å². The molecular formula is C14H23N3O. The Bertz CT molecular complexity index is 344. The summed E-state index contributed by atoms with van der Waals surface area (Å²) in [5.74, 6) is 0. The summed E-state index contributed by atoms with van der Waals surface area (Å²) in [7, 11) is 0. The van der Waals surface area contributed by atoms with E-state index >= 15 is 0 Å². The van der Waals surface area contributed by atoms with E-state index in [0.717, 1.165) is 38.2 Å². The van der Waals surface area contributed by atoms with Crippen molar-refractivity contribution in [3.63, 3.8) is 0 Å². The lowest BCUT2D eigenvalue weighted by Gasteiger charge is -2.28. The van der Waals surface area contributed by atoms with E-state index in [9.17, 15) is 0 Å². The van der Waals surface area contributed by atoms with Crippen molar-refractivity contribution in [3.05, 3.63) is 30.1 Å². The first kappa shape index (κ1) is 13.5. The standard InChI is InChI=1S/C14H23N3O/c1-12-5-8-16-14(6-9-18)11-17(12)10-13-4-2-3-7-15-13/h2-4,7,12,14,16,18H,5-6,8-11H2,1H3. The van der Waals surface area contributed by atoms with Crippen molar-refractivity contribution in [1.29, 1.82) is 0 Å².